The van der Waals surface area contributed by atoms with Gasteiger partial charge in [-0.1, -0.05) is 48.3 Å². The highest BCUT2D eigenvalue weighted by molar-refractivity contribution is 14.1. The first-order chi connectivity index (χ1) is 16.0. The fraction of sp³-hybridized carbons (Fsp3) is 1.00. The van der Waals surface area contributed by atoms with Crippen LogP contribution < -0.4 is 0 Å². The van der Waals surface area contributed by atoms with Gasteiger partial charge in [-0.15, -0.1) is 0 Å². The van der Waals surface area contributed by atoms with E-state index in [1.165, 1.54) is 38.5 Å². The van der Waals surface area contributed by atoms with Crippen molar-refractivity contribution in [2.45, 2.75) is 131 Å². The van der Waals surface area contributed by atoms with E-state index in [0.29, 0.717) is 17.9 Å². The van der Waals surface area contributed by atoms with Crippen LogP contribution in [-0.2, 0) is 4.74 Å². The Hall–Kier alpha value is 0.480. The second-order valence-electron chi connectivity index (χ2n) is 12.0. The molecule has 0 radical (unpaired) electrons. The number of hydrogen-bond acceptors (Lipinski definition) is 1. The lowest BCUT2D eigenvalue weighted by atomic mass is 9.67. The van der Waals surface area contributed by atoms with Crippen LogP contribution in [0.5, 0.6) is 0 Å². The number of alkyl halides is 4. The first-order valence-corrected chi connectivity index (χ1v) is 15.3. The molecule has 0 amide bonds. The zero-order valence-corrected chi connectivity index (χ0v) is 22.7. The van der Waals surface area contributed by atoms with Gasteiger partial charge < -0.3 is 4.74 Å². The standard InChI is InChI=1S/C28H46F3IO/c1-33-23-13-9-20(10-14-23)24-15-11-21(27(30)28(24)31)4-2-3-18-5-7-19(8-6-18)22-12-16-26(32)25(29)17-22/h18-28H,2-17H2,1H3. The lowest BCUT2D eigenvalue weighted by Crippen LogP contribution is -2.42. The Morgan fingerprint density at radius 2 is 1.36 bits per heavy atom. The third-order valence-electron chi connectivity index (χ3n) is 10.2. The molecule has 0 aliphatic heterocycles. The second kappa shape index (κ2) is 12.6. The van der Waals surface area contributed by atoms with Crippen LogP contribution in [0.3, 0.4) is 0 Å². The molecular formula is C28H46F3IO. The summed E-state index contributed by atoms with van der Waals surface area (Å²) in [5.41, 5.74) is 0. The molecule has 7 atom stereocenters. The van der Waals surface area contributed by atoms with Gasteiger partial charge in [-0.25, -0.2) is 13.2 Å². The maximum Gasteiger partial charge on any atom is 0.134 e. The van der Waals surface area contributed by atoms with Gasteiger partial charge in [0.25, 0.3) is 0 Å². The van der Waals surface area contributed by atoms with Gasteiger partial charge in [0.2, 0.25) is 0 Å². The van der Waals surface area contributed by atoms with Crippen molar-refractivity contribution in [3.8, 4) is 0 Å². The summed E-state index contributed by atoms with van der Waals surface area (Å²) in [6, 6.07) is 0. The SMILES string of the molecule is COC1CCC(C2CCC(CCCC3CCC(C4CCC(I)C(F)C4)CC3)C(F)C2F)CC1. The lowest BCUT2D eigenvalue weighted by Gasteiger charge is -2.41. The molecular weight excluding hydrogens is 536 g/mol. The topological polar surface area (TPSA) is 9.23 Å². The molecule has 0 bridgehead atoms. The average molecular weight is 583 g/mol. The summed E-state index contributed by atoms with van der Waals surface area (Å²) < 4.78 is 49.9. The molecule has 0 aromatic heterocycles. The number of halogens is 4. The van der Waals surface area contributed by atoms with Crippen molar-refractivity contribution in [2.24, 2.45) is 35.5 Å². The van der Waals surface area contributed by atoms with Crippen LogP contribution in [0, 0.1) is 35.5 Å². The van der Waals surface area contributed by atoms with Crippen LogP contribution in [-0.4, -0.2) is 35.7 Å². The fourth-order valence-electron chi connectivity index (χ4n) is 7.93. The largest absolute Gasteiger partial charge is 0.381 e. The van der Waals surface area contributed by atoms with Crippen LogP contribution in [0.25, 0.3) is 0 Å². The minimum Gasteiger partial charge on any atom is -0.381 e. The molecule has 7 unspecified atom stereocenters. The summed E-state index contributed by atoms with van der Waals surface area (Å²) in [4.78, 5) is 0. The van der Waals surface area contributed by atoms with Crippen LogP contribution >= 0.6 is 22.6 Å². The van der Waals surface area contributed by atoms with Crippen LogP contribution in [0.1, 0.15) is 103 Å². The predicted molar refractivity (Wildman–Crippen MR) is 138 cm³/mol. The summed E-state index contributed by atoms with van der Waals surface area (Å²) >= 11 is 2.29. The van der Waals surface area contributed by atoms with Crippen LogP contribution in [0.4, 0.5) is 13.2 Å². The van der Waals surface area contributed by atoms with Gasteiger partial charge in [-0.2, -0.15) is 0 Å². The Labute approximate surface area is 213 Å². The lowest BCUT2D eigenvalue weighted by molar-refractivity contribution is -0.0264. The quantitative estimate of drug-likeness (QED) is 0.215. The highest BCUT2D eigenvalue weighted by Gasteiger charge is 2.44. The van der Waals surface area contributed by atoms with E-state index < -0.39 is 18.5 Å². The van der Waals surface area contributed by atoms with Gasteiger partial charge in [0.1, 0.15) is 18.5 Å². The van der Waals surface area contributed by atoms with Gasteiger partial charge in [-0.05, 0) is 113 Å². The summed E-state index contributed by atoms with van der Waals surface area (Å²) in [6.45, 7) is 0. The Bertz CT molecular complexity index is 575. The molecule has 0 spiro atoms. The van der Waals surface area contributed by atoms with E-state index in [2.05, 4.69) is 22.6 Å². The normalized spacial score (nSPS) is 47.4. The van der Waals surface area contributed by atoms with Crippen molar-refractivity contribution in [2.75, 3.05) is 7.11 Å². The zero-order chi connectivity index (χ0) is 23.4. The molecule has 5 heteroatoms. The van der Waals surface area contributed by atoms with E-state index in [4.69, 9.17) is 4.74 Å². The van der Waals surface area contributed by atoms with Crippen LogP contribution in [0.15, 0.2) is 0 Å². The number of methoxy groups -OCH3 is 1. The molecule has 0 aromatic carbocycles. The molecule has 1 nitrogen and oxygen atoms in total. The number of ether oxygens (including phenoxy) is 1. The van der Waals surface area contributed by atoms with E-state index in [1.807, 2.05) is 0 Å². The number of rotatable bonds is 7. The highest BCUT2D eigenvalue weighted by Crippen LogP contribution is 2.46. The molecule has 4 aliphatic rings. The zero-order valence-electron chi connectivity index (χ0n) is 20.6. The third kappa shape index (κ3) is 6.83. The van der Waals surface area contributed by atoms with Gasteiger partial charge in [0.15, 0.2) is 0 Å². The van der Waals surface area contributed by atoms with Crippen molar-refractivity contribution >= 4 is 22.6 Å². The van der Waals surface area contributed by atoms with E-state index in [-0.39, 0.29) is 15.8 Å². The Kier molecular flexibility index (Phi) is 10.2. The molecule has 4 rings (SSSR count). The summed E-state index contributed by atoms with van der Waals surface area (Å²) in [7, 11) is 1.76. The van der Waals surface area contributed by atoms with Crippen molar-refractivity contribution in [1.29, 1.82) is 0 Å². The molecule has 4 saturated carbocycles. The van der Waals surface area contributed by atoms with Crippen LogP contribution in [0.2, 0.25) is 0 Å². The highest BCUT2D eigenvalue weighted by atomic mass is 127. The molecule has 33 heavy (non-hydrogen) atoms. The van der Waals surface area contributed by atoms with Gasteiger partial charge in [0.05, 0.1) is 6.10 Å². The van der Waals surface area contributed by atoms with Crippen molar-refractivity contribution in [1.82, 2.24) is 0 Å². The van der Waals surface area contributed by atoms with E-state index in [0.717, 1.165) is 76.0 Å². The molecule has 192 valence electrons. The van der Waals surface area contributed by atoms with Gasteiger partial charge >= 0.3 is 0 Å². The Balaban J connectivity index is 1.13. The molecule has 4 aliphatic carbocycles. The molecule has 0 heterocycles. The first kappa shape index (κ1) is 26.5. The first-order valence-electron chi connectivity index (χ1n) is 14.0. The minimum atomic E-state index is -1.26. The molecule has 4 fully saturated rings. The van der Waals surface area contributed by atoms with Crippen molar-refractivity contribution < 1.29 is 17.9 Å². The van der Waals surface area contributed by atoms with Gasteiger partial charge in [0, 0.05) is 11.0 Å². The number of hydrogen-bond donors (Lipinski definition) is 0. The maximum atomic E-state index is 15.1. The fourth-order valence-corrected chi connectivity index (χ4v) is 8.58. The third-order valence-corrected chi connectivity index (χ3v) is 11.6. The summed E-state index contributed by atoms with van der Waals surface area (Å²) in [6.07, 6.45) is 14.0. The molecule has 0 aromatic rings. The van der Waals surface area contributed by atoms with E-state index in [1.54, 1.807) is 7.11 Å². The minimum absolute atomic E-state index is 0.0736. The summed E-state index contributed by atoms with van der Waals surface area (Å²) in [5.74, 6) is 2.26. The van der Waals surface area contributed by atoms with E-state index >= 15 is 8.78 Å². The maximum absolute atomic E-state index is 15.1. The Morgan fingerprint density at radius 3 is 2.03 bits per heavy atom. The molecule has 0 saturated heterocycles. The predicted octanol–water partition coefficient (Wildman–Crippen LogP) is 8.81. The summed E-state index contributed by atoms with van der Waals surface area (Å²) in [5, 5.41) is 0. The molecule has 0 N–H and O–H groups in total. The van der Waals surface area contributed by atoms with E-state index in [9.17, 15) is 4.39 Å². The Morgan fingerprint density at radius 1 is 0.697 bits per heavy atom. The van der Waals surface area contributed by atoms with Crippen molar-refractivity contribution in [3.63, 3.8) is 0 Å². The van der Waals surface area contributed by atoms with Crippen molar-refractivity contribution in [3.05, 3.63) is 0 Å². The van der Waals surface area contributed by atoms with Gasteiger partial charge in [-0.3, -0.25) is 0 Å². The average Bonchev–Trinajstić information content (AvgIpc) is 2.84. The second-order valence-corrected chi connectivity index (χ2v) is 13.6. The smallest absolute Gasteiger partial charge is 0.134 e. The monoisotopic (exact) mass is 582 g/mol.